The molecule has 0 saturated carbocycles. The molecular weight excluding hydrogens is 318 g/mol. The molecule has 0 aliphatic heterocycles. The number of rotatable bonds is 7. The number of benzene rings is 2. The summed E-state index contributed by atoms with van der Waals surface area (Å²) >= 11 is 0. The third-order valence-corrected chi connectivity index (χ3v) is 4.09. The van der Waals surface area contributed by atoms with Gasteiger partial charge in [-0.3, -0.25) is 9.59 Å². The number of hydrogen-bond donors (Lipinski definition) is 0. The number of esters is 2. The molecule has 0 atom stereocenters. The third-order valence-electron chi connectivity index (χ3n) is 4.09. The van der Waals surface area contributed by atoms with Crippen LogP contribution in [0, 0.1) is 0 Å². The minimum Gasteiger partial charge on any atom is -0.423 e. The number of carbonyl (C=O) groups is 2. The summed E-state index contributed by atoms with van der Waals surface area (Å²) in [6.07, 6.45) is 0.951. The largest absolute Gasteiger partial charge is 0.423 e. The molecule has 0 aliphatic carbocycles. The second kappa shape index (κ2) is 8.62. The first-order valence-electron chi connectivity index (χ1n) is 8.58. The van der Waals surface area contributed by atoms with Gasteiger partial charge in [-0.1, -0.05) is 32.0 Å². The summed E-state index contributed by atoms with van der Waals surface area (Å²) in [5.74, 6) is -0.392. The van der Waals surface area contributed by atoms with Crippen molar-refractivity contribution >= 4 is 22.7 Å². The summed E-state index contributed by atoms with van der Waals surface area (Å²) in [4.78, 5) is 25.0. The molecule has 2 aromatic carbocycles. The normalized spacial score (nSPS) is 10.9. The van der Waals surface area contributed by atoms with Crippen molar-refractivity contribution in [1.82, 2.24) is 4.90 Å². The lowest BCUT2D eigenvalue weighted by molar-refractivity contribution is -0.134. The molecule has 0 radical (unpaired) electrons. The Bertz CT molecular complexity index is 766. The maximum atomic E-state index is 11.3. The molecule has 0 heterocycles. The van der Waals surface area contributed by atoms with Crippen molar-refractivity contribution < 1.29 is 19.1 Å². The molecule has 0 spiro atoms. The van der Waals surface area contributed by atoms with Crippen LogP contribution in [0.25, 0.3) is 10.8 Å². The number of nitrogens with zero attached hydrogens (tertiary/aromatic N) is 1. The smallest absolute Gasteiger partial charge is 0.308 e. The summed E-state index contributed by atoms with van der Waals surface area (Å²) in [5.41, 5.74) is 1.22. The van der Waals surface area contributed by atoms with Crippen molar-refractivity contribution in [3.8, 4) is 11.5 Å². The fraction of sp³-hybridized carbons (Fsp3) is 0.400. The van der Waals surface area contributed by atoms with Crippen molar-refractivity contribution in [2.75, 3.05) is 19.6 Å². The van der Waals surface area contributed by atoms with Crippen LogP contribution in [-0.4, -0.2) is 36.5 Å². The van der Waals surface area contributed by atoms with Crippen molar-refractivity contribution in [3.05, 3.63) is 35.9 Å². The molecule has 25 heavy (non-hydrogen) atoms. The molecule has 0 aliphatic rings. The highest BCUT2D eigenvalue weighted by atomic mass is 16.6. The van der Waals surface area contributed by atoms with Crippen LogP contribution < -0.4 is 9.47 Å². The van der Waals surface area contributed by atoms with Gasteiger partial charge in [0.2, 0.25) is 0 Å². The van der Waals surface area contributed by atoms with Crippen LogP contribution in [0.5, 0.6) is 11.5 Å². The van der Waals surface area contributed by atoms with Crippen molar-refractivity contribution in [2.24, 2.45) is 0 Å². The fourth-order valence-electron chi connectivity index (χ4n) is 2.76. The predicted molar refractivity (Wildman–Crippen MR) is 98.1 cm³/mol. The zero-order valence-electron chi connectivity index (χ0n) is 15.3. The second-order valence-electron chi connectivity index (χ2n) is 5.94. The summed E-state index contributed by atoms with van der Waals surface area (Å²) < 4.78 is 10.4. The molecule has 2 aromatic rings. The Labute approximate surface area is 148 Å². The van der Waals surface area contributed by atoms with Crippen LogP contribution in [0.4, 0.5) is 0 Å². The van der Waals surface area contributed by atoms with E-state index in [-0.39, 0.29) is 11.5 Å². The average Bonchev–Trinajstić information content (AvgIpc) is 2.55. The number of ether oxygens (including phenoxy) is 2. The standard InChI is InChI=1S/C20H25NO4/c1-5-21(6-2)10-9-16-7-8-17-12-19(24-14(3)22)20(25-15(4)23)13-18(17)11-16/h7-8,11-13H,5-6,9-10H2,1-4H3. The fourth-order valence-corrected chi connectivity index (χ4v) is 2.76. The van der Waals surface area contributed by atoms with Crippen molar-refractivity contribution in [1.29, 1.82) is 0 Å². The van der Waals surface area contributed by atoms with E-state index in [1.165, 1.54) is 19.4 Å². The number of fused-ring (bicyclic) bond motifs is 1. The van der Waals surface area contributed by atoms with Crippen LogP contribution in [0.2, 0.25) is 0 Å². The maximum Gasteiger partial charge on any atom is 0.308 e. The van der Waals surface area contributed by atoms with Gasteiger partial charge in [-0.05, 0) is 48.0 Å². The van der Waals surface area contributed by atoms with E-state index in [2.05, 4.69) is 30.9 Å². The highest BCUT2D eigenvalue weighted by Crippen LogP contribution is 2.33. The molecular formula is C20H25NO4. The predicted octanol–water partition coefficient (Wildman–Crippen LogP) is 3.57. The Kier molecular flexibility index (Phi) is 6.53. The third kappa shape index (κ3) is 5.29. The zero-order chi connectivity index (χ0) is 18.4. The summed E-state index contributed by atoms with van der Waals surface area (Å²) in [6, 6.07) is 9.63. The van der Waals surface area contributed by atoms with Gasteiger partial charge in [0, 0.05) is 20.4 Å². The summed E-state index contributed by atoms with van der Waals surface area (Å²) in [7, 11) is 0. The quantitative estimate of drug-likeness (QED) is 0.568. The Morgan fingerprint density at radius 3 is 1.96 bits per heavy atom. The summed E-state index contributed by atoms with van der Waals surface area (Å²) in [5, 5.41) is 1.88. The van der Waals surface area contributed by atoms with Gasteiger partial charge in [0.1, 0.15) is 0 Å². The Hall–Kier alpha value is -2.40. The van der Waals surface area contributed by atoms with Crippen molar-refractivity contribution in [3.63, 3.8) is 0 Å². The Morgan fingerprint density at radius 2 is 1.44 bits per heavy atom. The number of likely N-dealkylation sites (N-methyl/N-ethyl adjacent to an activating group) is 1. The monoisotopic (exact) mass is 343 g/mol. The van der Waals surface area contributed by atoms with Crippen LogP contribution in [0.15, 0.2) is 30.3 Å². The zero-order valence-corrected chi connectivity index (χ0v) is 15.3. The SMILES string of the molecule is CCN(CC)CCc1ccc2cc(OC(C)=O)c(OC(C)=O)cc2c1. The van der Waals surface area contributed by atoms with E-state index in [0.717, 1.165) is 36.8 Å². The first-order chi connectivity index (χ1) is 11.9. The van der Waals surface area contributed by atoms with E-state index in [1.54, 1.807) is 12.1 Å². The molecule has 0 bridgehead atoms. The number of hydrogen-bond acceptors (Lipinski definition) is 5. The molecule has 0 saturated heterocycles. The van der Waals surface area contributed by atoms with Crippen LogP contribution in [0.3, 0.4) is 0 Å². The van der Waals surface area contributed by atoms with Crippen LogP contribution in [-0.2, 0) is 16.0 Å². The van der Waals surface area contributed by atoms with Crippen molar-refractivity contribution in [2.45, 2.75) is 34.1 Å². The molecule has 0 unspecified atom stereocenters. The highest BCUT2D eigenvalue weighted by molar-refractivity contribution is 5.88. The Balaban J connectivity index is 2.33. The van der Waals surface area contributed by atoms with Crippen LogP contribution >= 0.6 is 0 Å². The first kappa shape index (κ1) is 18.9. The summed E-state index contributed by atoms with van der Waals surface area (Å²) in [6.45, 7) is 10.0. The van der Waals surface area contributed by atoms with E-state index in [4.69, 9.17) is 9.47 Å². The van der Waals surface area contributed by atoms with E-state index in [0.29, 0.717) is 0 Å². The average molecular weight is 343 g/mol. The molecule has 0 aromatic heterocycles. The molecule has 0 amide bonds. The van der Waals surface area contributed by atoms with Gasteiger partial charge in [0.05, 0.1) is 0 Å². The molecule has 0 N–H and O–H groups in total. The van der Waals surface area contributed by atoms with Crippen LogP contribution in [0.1, 0.15) is 33.3 Å². The molecule has 0 fully saturated rings. The van der Waals surface area contributed by atoms with Gasteiger partial charge >= 0.3 is 11.9 Å². The molecule has 134 valence electrons. The molecule has 5 nitrogen and oxygen atoms in total. The van der Waals surface area contributed by atoms with E-state index >= 15 is 0 Å². The topological polar surface area (TPSA) is 55.8 Å². The highest BCUT2D eigenvalue weighted by Gasteiger charge is 2.12. The van der Waals surface area contributed by atoms with Gasteiger partial charge in [0.25, 0.3) is 0 Å². The molecule has 5 heteroatoms. The minimum atomic E-state index is -0.455. The molecule has 2 rings (SSSR count). The van der Waals surface area contributed by atoms with Gasteiger partial charge in [-0.2, -0.15) is 0 Å². The van der Waals surface area contributed by atoms with Gasteiger partial charge < -0.3 is 14.4 Å². The van der Waals surface area contributed by atoms with Gasteiger partial charge in [0.15, 0.2) is 11.5 Å². The van der Waals surface area contributed by atoms with E-state index in [9.17, 15) is 9.59 Å². The lowest BCUT2D eigenvalue weighted by Gasteiger charge is -2.18. The van der Waals surface area contributed by atoms with Gasteiger partial charge in [-0.15, -0.1) is 0 Å². The van der Waals surface area contributed by atoms with Gasteiger partial charge in [-0.25, -0.2) is 0 Å². The minimum absolute atomic E-state index is 0.256. The van der Waals surface area contributed by atoms with E-state index < -0.39 is 11.9 Å². The maximum absolute atomic E-state index is 11.3. The Morgan fingerprint density at radius 1 is 0.880 bits per heavy atom. The number of carbonyl (C=O) groups excluding carboxylic acids is 2. The lowest BCUT2D eigenvalue weighted by Crippen LogP contribution is -2.25. The second-order valence-corrected chi connectivity index (χ2v) is 5.94. The lowest BCUT2D eigenvalue weighted by atomic mass is 10.0. The van der Waals surface area contributed by atoms with E-state index in [1.807, 2.05) is 6.07 Å². The first-order valence-corrected chi connectivity index (χ1v) is 8.58.